The highest BCUT2D eigenvalue weighted by molar-refractivity contribution is 6.05. The van der Waals surface area contributed by atoms with Crippen molar-refractivity contribution >= 4 is 42.2 Å². The highest BCUT2D eigenvalue weighted by Crippen LogP contribution is 2.25. The Balaban J connectivity index is 0.00000121. The largest absolute Gasteiger partial charge is 0.385 e. The van der Waals surface area contributed by atoms with E-state index < -0.39 is 0 Å². The number of halogens is 2. The maximum Gasteiger partial charge on any atom is 0.257 e. The molecule has 1 aliphatic rings. The molecule has 0 bridgehead atoms. The number of fused-ring (bicyclic) bond motifs is 1. The summed E-state index contributed by atoms with van der Waals surface area (Å²) < 4.78 is 0. The number of nitrogens with one attached hydrogen (secondary N) is 2. The number of aromatic nitrogens is 1. The van der Waals surface area contributed by atoms with E-state index in [1.807, 2.05) is 37.3 Å². The topological polar surface area (TPSA) is 54.0 Å². The van der Waals surface area contributed by atoms with E-state index in [0.29, 0.717) is 5.82 Å². The molecule has 0 atom stereocenters. The zero-order valence-corrected chi connectivity index (χ0v) is 13.9. The number of aryl methyl sites for hydroxylation is 1. The number of hydrogen-bond donors (Lipinski definition) is 2. The minimum absolute atomic E-state index is 0. The van der Waals surface area contributed by atoms with Gasteiger partial charge in [0.2, 0.25) is 0 Å². The molecule has 0 unspecified atom stereocenters. The highest BCUT2D eigenvalue weighted by atomic mass is 35.5. The van der Waals surface area contributed by atoms with Crippen molar-refractivity contribution in [2.75, 3.05) is 17.2 Å². The predicted molar refractivity (Wildman–Crippen MR) is 94.7 cm³/mol. The van der Waals surface area contributed by atoms with Gasteiger partial charge in [-0.15, -0.1) is 24.8 Å². The zero-order chi connectivity index (χ0) is 13.9. The molecule has 0 saturated carbocycles. The molecular formula is C16H19Cl2N3O. The van der Waals surface area contributed by atoms with Crippen molar-refractivity contribution in [3.63, 3.8) is 0 Å². The van der Waals surface area contributed by atoms with Crippen LogP contribution in [0.25, 0.3) is 0 Å². The molecule has 2 aromatic rings. The van der Waals surface area contributed by atoms with Gasteiger partial charge in [0.05, 0.1) is 0 Å². The Hall–Kier alpha value is -1.78. The third-order valence-electron chi connectivity index (χ3n) is 3.47. The maximum absolute atomic E-state index is 12.4. The fourth-order valence-electron chi connectivity index (χ4n) is 2.52. The molecule has 0 radical (unpaired) electrons. The average Bonchev–Trinajstić information content (AvgIpc) is 2.46. The molecule has 1 aliphatic heterocycles. The minimum atomic E-state index is -0.0938. The molecule has 0 saturated heterocycles. The summed E-state index contributed by atoms with van der Waals surface area (Å²) in [6.45, 7) is 2.88. The van der Waals surface area contributed by atoms with Crippen molar-refractivity contribution in [2.45, 2.75) is 19.8 Å². The van der Waals surface area contributed by atoms with Gasteiger partial charge in [-0.2, -0.15) is 0 Å². The molecule has 118 valence electrons. The van der Waals surface area contributed by atoms with Gasteiger partial charge in [-0.05, 0) is 49.6 Å². The van der Waals surface area contributed by atoms with Gasteiger partial charge < -0.3 is 10.6 Å². The summed E-state index contributed by atoms with van der Waals surface area (Å²) in [6.07, 6.45) is 1.99. The number of amides is 1. The van der Waals surface area contributed by atoms with Gasteiger partial charge in [-0.25, -0.2) is 4.98 Å². The Bertz CT molecular complexity index is 662. The number of nitrogens with zero attached hydrogens (tertiary/aromatic N) is 1. The second-order valence-electron chi connectivity index (χ2n) is 4.98. The molecule has 22 heavy (non-hydrogen) atoms. The first kappa shape index (κ1) is 18.3. The molecule has 0 spiro atoms. The summed E-state index contributed by atoms with van der Waals surface area (Å²) >= 11 is 0. The molecule has 3 rings (SSSR count). The van der Waals surface area contributed by atoms with Crippen LogP contribution in [0.3, 0.4) is 0 Å². The summed E-state index contributed by atoms with van der Waals surface area (Å²) in [5.41, 5.74) is 3.79. The molecule has 1 amide bonds. The van der Waals surface area contributed by atoms with Gasteiger partial charge in [0.1, 0.15) is 5.82 Å². The van der Waals surface area contributed by atoms with Gasteiger partial charge in [-0.1, -0.05) is 12.1 Å². The van der Waals surface area contributed by atoms with Gasteiger partial charge in [0, 0.05) is 23.5 Å². The summed E-state index contributed by atoms with van der Waals surface area (Å²) in [6, 6.07) is 11.4. The van der Waals surface area contributed by atoms with Crippen molar-refractivity contribution in [3.8, 4) is 0 Å². The summed E-state index contributed by atoms with van der Waals surface area (Å²) in [5.74, 6) is 0.500. The Labute approximate surface area is 142 Å². The van der Waals surface area contributed by atoms with Gasteiger partial charge in [-0.3, -0.25) is 4.79 Å². The van der Waals surface area contributed by atoms with Crippen LogP contribution >= 0.6 is 24.8 Å². The van der Waals surface area contributed by atoms with Crippen LogP contribution in [0.15, 0.2) is 36.4 Å². The molecule has 2 N–H and O–H groups in total. The Morgan fingerprint density at radius 2 is 1.95 bits per heavy atom. The number of carbonyl (C=O) groups is 1. The molecule has 0 fully saturated rings. The number of pyridine rings is 1. The smallest absolute Gasteiger partial charge is 0.257 e. The number of hydrogen-bond acceptors (Lipinski definition) is 3. The van der Waals surface area contributed by atoms with Gasteiger partial charge >= 0.3 is 0 Å². The lowest BCUT2D eigenvalue weighted by Crippen LogP contribution is -2.19. The molecule has 6 heteroatoms. The SMILES string of the molecule is Cc1cccc(NC(=O)c2cccc3c2CCCN3)n1.Cl.Cl. The van der Waals surface area contributed by atoms with Crippen LogP contribution in [0.1, 0.15) is 28.0 Å². The number of benzene rings is 1. The number of carbonyl (C=O) groups excluding carboxylic acids is 1. The summed E-state index contributed by atoms with van der Waals surface area (Å²) in [5, 5.41) is 6.21. The van der Waals surface area contributed by atoms with Crippen LogP contribution in [-0.4, -0.2) is 17.4 Å². The van der Waals surface area contributed by atoms with Crippen LogP contribution in [-0.2, 0) is 6.42 Å². The fraction of sp³-hybridized carbons (Fsp3) is 0.250. The van der Waals surface area contributed by atoms with Crippen LogP contribution in [0.4, 0.5) is 11.5 Å². The minimum Gasteiger partial charge on any atom is -0.385 e. The third kappa shape index (κ3) is 3.90. The van der Waals surface area contributed by atoms with Gasteiger partial charge in [0.25, 0.3) is 5.91 Å². The summed E-state index contributed by atoms with van der Waals surface area (Å²) in [7, 11) is 0. The molecule has 0 aliphatic carbocycles. The normalized spacial score (nSPS) is 12.0. The number of anilines is 2. The van der Waals surface area contributed by atoms with Gasteiger partial charge in [0.15, 0.2) is 0 Å². The molecule has 2 heterocycles. The lowest BCUT2D eigenvalue weighted by atomic mass is 9.97. The highest BCUT2D eigenvalue weighted by Gasteiger charge is 2.17. The van der Waals surface area contributed by atoms with Crippen molar-refractivity contribution in [1.29, 1.82) is 0 Å². The van der Waals surface area contributed by atoms with E-state index in [4.69, 9.17) is 0 Å². The lowest BCUT2D eigenvalue weighted by molar-refractivity contribution is 0.102. The van der Waals surface area contributed by atoms with Crippen LogP contribution in [0.2, 0.25) is 0 Å². The van der Waals surface area contributed by atoms with Crippen molar-refractivity contribution in [1.82, 2.24) is 4.98 Å². The molecular weight excluding hydrogens is 321 g/mol. The average molecular weight is 340 g/mol. The summed E-state index contributed by atoms with van der Waals surface area (Å²) in [4.78, 5) is 16.7. The number of rotatable bonds is 2. The van der Waals surface area contributed by atoms with Crippen molar-refractivity contribution in [3.05, 3.63) is 53.2 Å². The second kappa shape index (κ2) is 8.01. The first-order valence-electron chi connectivity index (χ1n) is 6.85. The van der Waals surface area contributed by atoms with E-state index >= 15 is 0 Å². The molecule has 1 aromatic heterocycles. The quantitative estimate of drug-likeness (QED) is 0.873. The standard InChI is InChI=1S/C16H17N3O.2ClH/c1-11-5-2-9-15(18-11)19-16(20)13-6-3-8-14-12(13)7-4-10-17-14;;/h2-3,5-6,8-9,17H,4,7,10H2,1H3,(H,18,19,20);2*1H. The van der Waals surface area contributed by atoms with Crippen molar-refractivity contribution < 1.29 is 4.79 Å². The zero-order valence-electron chi connectivity index (χ0n) is 12.3. The van der Waals surface area contributed by atoms with Crippen LogP contribution in [0.5, 0.6) is 0 Å². The van der Waals surface area contributed by atoms with E-state index in [0.717, 1.165) is 41.9 Å². The lowest BCUT2D eigenvalue weighted by Gasteiger charge is -2.20. The van der Waals surface area contributed by atoms with E-state index in [1.165, 1.54) is 0 Å². The van der Waals surface area contributed by atoms with E-state index in [9.17, 15) is 4.79 Å². The monoisotopic (exact) mass is 339 g/mol. The fourth-order valence-corrected chi connectivity index (χ4v) is 2.52. The molecule has 4 nitrogen and oxygen atoms in total. The Kier molecular flexibility index (Phi) is 6.65. The third-order valence-corrected chi connectivity index (χ3v) is 3.47. The predicted octanol–water partition coefficient (Wildman–Crippen LogP) is 3.84. The van der Waals surface area contributed by atoms with Crippen LogP contribution in [0, 0.1) is 6.92 Å². The first-order valence-corrected chi connectivity index (χ1v) is 6.85. The Morgan fingerprint density at radius 1 is 1.18 bits per heavy atom. The Morgan fingerprint density at radius 3 is 2.73 bits per heavy atom. The maximum atomic E-state index is 12.4. The second-order valence-corrected chi connectivity index (χ2v) is 4.98. The molecule has 1 aromatic carbocycles. The van der Waals surface area contributed by atoms with E-state index in [-0.39, 0.29) is 30.7 Å². The first-order chi connectivity index (χ1) is 9.74. The van der Waals surface area contributed by atoms with E-state index in [1.54, 1.807) is 6.07 Å². The van der Waals surface area contributed by atoms with Crippen LogP contribution < -0.4 is 10.6 Å². The van der Waals surface area contributed by atoms with E-state index in [2.05, 4.69) is 15.6 Å². The van der Waals surface area contributed by atoms with Crippen molar-refractivity contribution in [2.24, 2.45) is 0 Å².